The lowest BCUT2D eigenvalue weighted by atomic mass is 10.1. The maximum atomic E-state index is 8.18. The topological polar surface area (TPSA) is 53.7 Å². The van der Waals surface area contributed by atoms with Gasteiger partial charge in [-0.3, -0.25) is 9.98 Å². The number of hydrogen-bond acceptors (Lipinski definition) is 3. The van der Waals surface area contributed by atoms with Gasteiger partial charge in [-0.15, -0.1) is 0 Å². The van der Waals surface area contributed by atoms with E-state index in [0.717, 1.165) is 30.2 Å². The van der Waals surface area contributed by atoms with Crippen LogP contribution in [0.4, 0.5) is 5.95 Å². The summed E-state index contributed by atoms with van der Waals surface area (Å²) in [5.41, 5.74) is 2.21. The molecule has 4 nitrogen and oxygen atoms in total. The molecular weight excluding hydrogens is 236 g/mol. The summed E-state index contributed by atoms with van der Waals surface area (Å²) in [6.45, 7) is 1.62. The van der Waals surface area contributed by atoms with Crippen LogP contribution in [0.1, 0.15) is 0 Å². The van der Waals surface area contributed by atoms with Crippen molar-refractivity contribution >= 4 is 17.5 Å². The van der Waals surface area contributed by atoms with E-state index in [-0.39, 0.29) is 0 Å². The quantitative estimate of drug-likeness (QED) is 0.810. The molecule has 2 heterocycles. The number of fused-ring (bicyclic) bond motifs is 1. The van der Waals surface area contributed by atoms with Crippen molar-refractivity contribution in [3.8, 4) is 11.1 Å². The van der Waals surface area contributed by atoms with Gasteiger partial charge in [-0.1, -0.05) is 23.7 Å². The third-order valence-corrected chi connectivity index (χ3v) is 3.09. The van der Waals surface area contributed by atoms with Crippen LogP contribution >= 0.6 is 11.6 Å². The number of nitrogens with one attached hydrogen (secondary N) is 2. The first-order chi connectivity index (χ1) is 8.25. The molecule has 3 rings (SSSR count). The summed E-state index contributed by atoms with van der Waals surface area (Å²) in [4.78, 5) is 4.31. The van der Waals surface area contributed by atoms with Crippen LogP contribution in [0.5, 0.6) is 0 Å². The monoisotopic (exact) mass is 246 g/mol. The van der Waals surface area contributed by atoms with Crippen LogP contribution in [0.15, 0.2) is 30.5 Å². The van der Waals surface area contributed by atoms with Crippen LogP contribution in [-0.2, 0) is 6.54 Å². The number of rotatable bonds is 1. The van der Waals surface area contributed by atoms with E-state index < -0.39 is 0 Å². The normalized spacial score (nSPS) is 13.2. The van der Waals surface area contributed by atoms with Gasteiger partial charge in [0.2, 0.25) is 5.95 Å². The van der Waals surface area contributed by atoms with Gasteiger partial charge in [0.15, 0.2) is 0 Å². The SMILES string of the molecule is N=c1c(-c2cccc(Cl)c2)cnc2n1CCN2. The fourth-order valence-corrected chi connectivity index (χ4v) is 2.20. The lowest BCUT2D eigenvalue weighted by molar-refractivity contribution is 0.737. The first-order valence-corrected chi connectivity index (χ1v) is 5.78. The Bertz CT molecular complexity index is 633. The molecule has 1 aromatic heterocycles. The largest absolute Gasteiger partial charge is 0.354 e. The molecule has 1 aliphatic rings. The third-order valence-electron chi connectivity index (χ3n) is 2.85. The van der Waals surface area contributed by atoms with E-state index >= 15 is 0 Å². The molecule has 0 atom stereocenters. The molecule has 0 amide bonds. The summed E-state index contributed by atoms with van der Waals surface area (Å²) >= 11 is 5.96. The van der Waals surface area contributed by atoms with Crippen molar-refractivity contribution in [2.45, 2.75) is 6.54 Å². The van der Waals surface area contributed by atoms with Crippen molar-refractivity contribution < 1.29 is 0 Å². The van der Waals surface area contributed by atoms with Gasteiger partial charge in [0.25, 0.3) is 0 Å². The minimum atomic E-state index is 0.474. The van der Waals surface area contributed by atoms with Crippen molar-refractivity contribution in [3.05, 3.63) is 41.0 Å². The van der Waals surface area contributed by atoms with Gasteiger partial charge in [-0.05, 0) is 17.7 Å². The average Bonchev–Trinajstić information content (AvgIpc) is 2.78. The van der Waals surface area contributed by atoms with Crippen molar-refractivity contribution in [2.24, 2.45) is 0 Å². The van der Waals surface area contributed by atoms with Crippen molar-refractivity contribution in [1.82, 2.24) is 9.55 Å². The van der Waals surface area contributed by atoms with Crippen LogP contribution < -0.4 is 10.8 Å². The highest BCUT2D eigenvalue weighted by atomic mass is 35.5. The Morgan fingerprint density at radius 2 is 2.29 bits per heavy atom. The Morgan fingerprint density at radius 3 is 3.12 bits per heavy atom. The van der Waals surface area contributed by atoms with E-state index in [4.69, 9.17) is 17.0 Å². The number of benzene rings is 1. The molecule has 2 aromatic rings. The second-order valence-electron chi connectivity index (χ2n) is 3.93. The highest BCUT2D eigenvalue weighted by Crippen LogP contribution is 2.20. The molecule has 2 N–H and O–H groups in total. The van der Waals surface area contributed by atoms with Gasteiger partial charge >= 0.3 is 0 Å². The maximum absolute atomic E-state index is 8.18. The fraction of sp³-hybridized carbons (Fsp3) is 0.167. The first kappa shape index (κ1) is 10.4. The predicted molar refractivity (Wildman–Crippen MR) is 67.0 cm³/mol. The van der Waals surface area contributed by atoms with E-state index in [9.17, 15) is 0 Å². The molecule has 0 aliphatic carbocycles. The molecule has 1 aliphatic heterocycles. The van der Waals surface area contributed by atoms with Gasteiger partial charge in [0, 0.05) is 29.9 Å². The van der Waals surface area contributed by atoms with E-state index in [2.05, 4.69) is 10.3 Å². The summed E-state index contributed by atoms with van der Waals surface area (Å²) < 4.78 is 1.87. The molecule has 0 spiro atoms. The van der Waals surface area contributed by atoms with Gasteiger partial charge in [-0.2, -0.15) is 0 Å². The fourth-order valence-electron chi connectivity index (χ4n) is 2.01. The van der Waals surface area contributed by atoms with Crippen molar-refractivity contribution in [2.75, 3.05) is 11.9 Å². The molecular formula is C12H11ClN4. The highest BCUT2D eigenvalue weighted by molar-refractivity contribution is 6.30. The maximum Gasteiger partial charge on any atom is 0.204 e. The number of anilines is 1. The first-order valence-electron chi connectivity index (χ1n) is 5.40. The number of nitrogens with zero attached hydrogens (tertiary/aromatic N) is 2. The predicted octanol–water partition coefficient (Wildman–Crippen LogP) is 2.11. The molecule has 17 heavy (non-hydrogen) atoms. The van der Waals surface area contributed by atoms with Gasteiger partial charge in [0.05, 0.1) is 0 Å². The summed E-state index contributed by atoms with van der Waals surface area (Å²) in [7, 11) is 0. The number of halogens is 1. The molecule has 0 unspecified atom stereocenters. The molecule has 0 saturated heterocycles. The summed E-state index contributed by atoms with van der Waals surface area (Å²) in [5, 5.41) is 12.0. The third kappa shape index (κ3) is 1.70. The van der Waals surface area contributed by atoms with Crippen LogP contribution in [0.25, 0.3) is 11.1 Å². The van der Waals surface area contributed by atoms with E-state index in [1.54, 1.807) is 6.20 Å². The molecule has 86 valence electrons. The molecule has 0 saturated carbocycles. The minimum Gasteiger partial charge on any atom is -0.354 e. The van der Waals surface area contributed by atoms with Gasteiger partial charge < -0.3 is 5.32 Å². The molecule has 0 bridgehead atoms. The summed E-state index contributed by atoms with van der Waals surface area (Å²) in [6, 6.07) is 7.50. The smallest absolute Gasteiger partial charge is 0.204 e. The van der Waals surface area contributed by atoms with Crippen molar-refractivity contribution in [3.63, 3.8) is 0 Å². The Hall–Kier alpha value is -1.81. The van der Waals surface area contributed by atoms with E-state index in [1.165, 1.54) is 0 Å². The minimum absolute atomic E-state index is 0.474. The zero-order valence-electron chi connectivity index (χ0n) is 9.07. The van der Waals surface area contributed by atoms with E-state index in [1.807, 2.05) is 28.8 Å². The Kier molecular flexibility index (Phi) is 2.37. The second-order valence-corrected chi connectivity index (χ2v) is 4.37. The van der Waals surface area contributed by atoms with Crippen LogP contribution in [0.3, 0.4) is 0 Å². The Morgan fingerprint density at radius 1 is 1.41 bits per heavy atom. The summed E-state index contributed by atoms with van der Waals surface area (Å²) in [5.74, 6) is 0.765. The number of aromatic nitrogens is 2. The van der Waals surface area contributed by atoms with E-state index in [0.29, 0.717) is 10.5 Å². The zero-order valence-corrected chi connectivity index (χ0v) is 9.83. The lowest BCUT2D eigenvalue weighted by Gasteiger charge is -2.07. The average molecular weight is 247 g/mol. The molecule has 0 radical (unpaired) electrons. The number of hydrogen-bond donors (Lipinski definition) is 2. The zero-order chi connectivity index (χ0) is 11.8. The molecule has 0 fully saturated rings. The highest BCUT2D eigenvalue weighted by Gasteiger charge is 2.13. The van der Waals surface area contributed by atoms with Crippen LogP contribution in [0, 0.1) is 5.41 Å². The van der Waals surface area contributed by atoms with Gasteiger partial charge in [-0.25, -0.2) is 4.98 Å². The van der Waals surface area contributed by atoms with Crippen molar-refractivity contribution in [1.29, 1.82) is 5.41 Å². The lowest BCUT2D eigenvalue weighted by Crippen LogP contribution is -2.20. The standard InChI is InChI=1S/C12H11ClN4/c13-9-3-1-2-8(6-9)10-7-16-12-15-4-5-17(12)11(10)14/h1-3,6-7,14H,4-5H2,(H,15,16). The molecule has 1 aromatic carbocycles. The van der Waals surface area contributed by atoms with Crippen LogP contribution in [0.2, 0.25) is 5.02 Å². The Labute approximate surface area is 103 Å². The van der Waals surface area contributed by atoms with Crippen LogP contribution in [-0.4, -0.2) is 16.1 Å². The second kappa shape index (κ2) is 3.89. The summed E-state index contributed by atoms with van der Waals surface area (Å²) in [6.07, 6.45) is 1.72. The molecule has 5 heteroatoms. The Balaban J connectivity index is 2.20. The van der Waals surface area contributed by atoms with Gasteiger partial charge in [0.1, 0.15) is 5.49 Å².